The van der Waals surface area contributed by atoms with Gasteiger partial charge in [0.15, 0.2) is 5.69 Å². The Morgan fingerprint density at radius 2 is 1.90 bits per heavy atom. The lowest BCUT2D eigenvalue weighted by Crippen LogP contribution is -2.26. The zero-order chi connectivity index (χ0) is 21.8. The summed E-state index contributed by atoms with van der Waals surface area (Å²) in [4.78, 5) is 29.6. The number of rotatable bonds is 5. The smallest absolute Gasteiger partial charge is 0.290 e. The molecule has 8 nitrogen and oxygen atoms in total. The first-order chi connectivity index (χ1) is 14.3. The monoisotopic (exact) mass is 420 g/mol. The summed E-state index contributed by atoms with van der Waals surface area (Å²) >= 11 is 1.12. The van der Waals surface area contributed by atoms with E-state index < -0.39 is 11.5 Å². The zero-order valence-corrected chi connectivity index (χ0v) is 17.9. The molecule has 0 fully saturated rings. The van der Waals surface area contributed by atoms with Crippen LogP contribution in [0.4, 0.5) is 11.4 Å². The number of carbonyl (C=O) groups excluding carboxylic acids is 1. The summed E-state index contributed by atoms with van der Waals surface area (Å²) in [6, 6.07) is 11.3. The summed E-state index contributed by atoms with van der Waals surface area (Å²) in [5.74, 6) is -0.520. The molecule has 0 aliphatic heterocycles. The SMILES string of the molecule is Cc1ccc(N=Nc2c(C)[nH]n(C(=O)CSc3nc(C)cc(C)c3C#N)c2=O)cc1. The fraction of sp³-hybridized carbons (Fsp3) is 0.238. The van der Waals surface area contributed by atoms with Crippen molar-refractivity contribution >= 4 is 29.0 Å². The van der Waals surface area contributed by atoms with E-state index in [-0.39, 0.29) is 11.4 Å². The number of nitrogens with one attached hydrogen (secondary N) is 1. The fourth-order valence-electron chi connectivity index (χ4n) is 2.79. The molecule has 0 atom stereocenters. The number of aromatic nitrogens is 3. The van der Waals surface area contributed by atoms with Crippen molar-refractivity contribution in [3.05, 3.63) is 68.8 Å². The van der Waals surface area contributed by atoms with Gasteiger partial charge >= 0.3 is 5.56 Å². The molecular weight excluding hydrogens is 400 g/mol. The minimum atomic E-state index is -0.567. The fourth-order valence-corrected chi connectivity index (χ4v) is 3.74. The summed E-state index contributed by atoms with van der Waals surface area (Å²) in [7, 11) is 0. The lowest BCUT2D eigenvalue weighted by Gasteiger charge is -2.06. The third-order valence-corrected chi connectivity index (χ3v) is 5.31. The van der Waals surface area contributed by atoms with Crippen LogP contribution in [0.25, 0.3) is 0 Å². The maximum Gasteiger partial charge on any atom is 0.301 e. The standard InChI is InChI=1S/C21H20N6O2S/c1-12-5-7-16(8-6-12)24-25-19-15(4)26-27(21(19)29)18(28)11-30-20-17(10-22)13(2)9-14(3)23-20/h5-9,26H,11H2,1-4H3. The van der Waals surface area contributed by atoms with Gasteiger partial charge in [0.1, 0.15) is 11.1 Å². The molecular formula is C21H20N6O2S. The number of benzene rings is 1. The highest BCUT2D eigenvalue weighted by Crippen LogP contribution is 2.24. The Labute approximate surface area is 177 Å². The molecule has 9 heteroatoms. The first-order valence-electron chi connectivity index (χ1n) is 9.14. The number of nitrogens with zero attached hydrogens (tertiary/aromatic N) is 5. The summed E-state index contributed by atoms with van der Waals surface area (Å²) < 4.78 is 0.917. The zero-order valence-electron chi connectivity index (χ0n) is 17.1. The normalized spacial score (nSPS) is 11.0. The topological polar surface area (TPSA) is 116 Å². The highest BCUT2D eigenvalue weighted by Gasteiger charge is 2.18. The van der Waals surface area contributed by atoms with Gasteiger partial charge < -0.3 is 0 Å². The molecule has 0 saturated carbocycles. The Morgan fingerprint density at radius 1 is 1.20 bits per heavy atom. The van der Waals surface area contributed by atoms with Crippen molar-refractivity contribution in [2.45, 2.75) is 32.7 Å². The number of thioether (sulfide) groups is 1. The van der Waals surface area contributed by atoms with E-state index in [0.29, 0.717) is 22.0 Å². The molecule has 1 aromatic carbocycles. The van der Waals surface area contributed by atoms with Crippen molar-refractivity contribution in [3.8, 4) is 6.07 Å². The first-order valence-corrected chi connectivity index (χ1v) is 10.1. The van der Waals surface area contributed by atoms with Crippen molar-refractivity contribution in [1.29, 1.82) is 5.26 Å². The summed E-state index contributed by atoms with van der Waals surface area (Å²) in [5.41, 5.74) is 3.64. The van der Waals surface area contributed by atoms with Crippen LogP contribution in [0, 0.1) is 39.0 Å². The second kappa shape index (κ2) is 8.88. The number of aryl methyl sites for hydroxylation is 4. The largest absolute Gasteiger partial charge is 0.301 e. The molecule has 1 N–H and O–H groups in total. The van der Waals surface area contributed by atoms with Crippen molar-refractivity contribution in [2.75, 3.05) is 5.75 Å². The van der Waals surface area contributed by atoms with Gasteiger partial charge in [-0.1, -0.05) is 29.5 Å². The third kappa shape index (κ3) is 4.55. The molecule has 0 amide bonds. The molecule has 0 spiro atoms. The van der Waals surface area contributed by atoms with Gasteiger partial charge in [0.25, 0.3) is 5.91 Å². The highest BCUT2D eigenvalue weighted by molar-refractivity contribution is 8.00. The Kier molecular flexibility index (Phi) is 6.28. The second-order valence-corrected chi connectivity index (χ2v) is 7.78. The average Bonchev–Trinajstić information content (AvgIpc) is 2.99. The Bertz CT molecular complexity index is 1230. The Morgan fingerprint density at radius 3 is 2.57 bits per heavy atom. The number of aromatic amines is 1. The molecule has 0 aliphatic rings. The van der Waals surface area contributed by atoms with E-state index in [1.54, 1.807) is 19.1 Å². The van der Waals surface area contributed by atoms with E-state index in [4.69, 9.17) is 0 Å². The Hall–Kier alpha value is -3.51. The van der Waals surface area contributed by atoms with Crippen molar-refractivity contribution in [2.24, 2.45) is 10.2 Å². The maximum atomic E-state index is 12.6. The molecule has 30 heavy (non-hydrogen) atoms. The quantitative estimate of drug-likeness (QED) is 0.481. The lowest BCUT2D eigenvalue weighted by atomic mass is 10.1. The van der Waals surface area contributed by atoms with Crippen molar-refractivity contribution in [1.82, 2.24) is 14.8 Å². The second-order valence-electron chi connectivity index (χ2n) is 6.82. The van der Waals surface area contributed by atoms with Crippen LogP contribution in [0.5, 0.6) is 0 Å². The van der Waals surface area contributed by atoms with E-state index >= 15 is 0 Å². The van der Waals surface area contributed by atoms with E-state index in [0.717, 1.165) is 33.3 Å². The number of pyridine rings is 1. The van der Waals surface area contributed by atoms with Crippen LogP contribution in [0.1, 0.15) is 32.9 Å². The van der Waals surface area contributed by atoms with Gasteiger partial charge in [0.05, 0.1) is 22.7 Å². The number of hydrogen-bond acceptors (Lipinski definition) is 7. The van der Waals surface area contributed by atoms with Gasteiger partial charge in [-0.25, -0.2) is 4.98 Å². The predicted molar refractivity (Wildman–Crippen MR) is 115 cm³/mol. The van der Waals surface area contributed by atoms with Crippen LogP contribution in [-0.2, 0) is 0 Å². The molecule has 0 aliphatic carbocycles. The molecule has 0 bridgehead atoms. The molecule has 0 unspecified atom stereocenters. The van der Waals surface area contributed by atoms with Gasteiger partial charge in [-0.15, -0.1) is 5.11 Å². The van der Waals surface area contributed by atoms with Gasteiger partial charge in [0.2, 0.25) is 0 Å². The van der Waals surface area contributed by atoms with E-state index in [9.17, 15) is 14.9 Å². The van der Waals surface area contributed by atoms with Crippen molar-refractivity contribution in [3.63, 3.8) is 0 Å². The number of nitriles is 1. The Balaban J connectivity index is 1.80. The van der Waals surface area contributed by atoms with Crippen LogP contribution < -0.4 is 5.56 Å². The van der Waals surface area contributed by atoms with Crippen LogP contribution in [0.3, 0.4) is 0 Å². The molecule has 152 valence electrons. The van der Waals surface area contributed by atoms with Gasteiger partial charge in [-0.2, -0.15) is 15.1 Å². The van der Waals surface area contributed by atoms with Crippen molar-refractivity contribution < 1.29 is 4.79 Å². The van der Waals surface area contributed by atoms with Gasteiger partial charge in [0, 0.05) is 5.69 Å². The van der Waals surface area contributed by atoms with Gasteiger partial charge in [-0.05, 0) is 51.5 Å². The molecule has 2 heterocycles. The van der Waals surface area contributed by atoms with Crippen LogP contribution >= 0.6 is 11.8 Å². The summed E-state index contributed by atoms with van der Waals surface area (Å²) in [5, 5.41) is 20.7. The molecule has 3 rings (SSSR count). The number of H-pyrrole nitrogens is 1. The number of hydrogen-bond donors (Lipinski definition) is 1. The predicted octanol–water partition coefficient (Wildman–Crippen LogP) is 4.52. The highest BCUT2D eigenvalue weighted by atomic mass is 32.2. The van der Waals surface area contributed by atoms with E-state index in [2.05, 4.69) is 26.4 Å². The molecule has 2 aromatic heterocycles. The van der Waals surface area contributed by atoms with E-state index in [1.807, 2.05) is 39.0 Å². The van der Waals surface area contributed by atoms with Crippen LogP contribution in [-0.4, -0.2) is 26.4 Å². The molecule has 0 radical (unpaired) electrons. The minimum Gasteiger partial charge on any atom is -0.290 e. The minimum absolute atomic E-state index is 0.0566. The number of carbonyl (C=O) groups is 1. The molecule has 0 saturated heterocycles. The van der Waals surface area contributed by atoms with E-state index in [1.165, 1.54) is 0 Å². The maximum absolute atomic E-state index is 12.6. The average molecular weight is 420 g/mol. The van der Waals surface area contributed by atoms with Crippen LogP contribution in [0.2, 0.25) is 0 Å². The lowest BCUT2D eigenvalue weighted by molar-refractivity contribution is 0.0922. The first kappa shape index (κ1) is 21.2. The third-order valence-electron chi connectivity index (χ3n) is 4.34. The van der Waals surface area contributed by atoms with Gasteiger partial charge in [-0.3, -0.25) is 14.7 Å². The van der Waals surface area contributed by atoms with Crippen LogP contribution in [0.15, 0.2) is 50.4 Å². The summed E-state index contributed by atoms with van der Waals surface area (Å²) in [6.07, 6.45) is 0. The number of azo groups is 1. The molecule has 3 aromatic rings. The summed E-state index contributed by atoms with van der Waals surface area (Å²) in [6.45, 7) is 7.27.